The van der Waals surface area contributed by atoms with Crippen molar-refractivity contribution in [2.24, 2.45) is 0 Å². The topological polar surface area (TPSA) is 77.5 Å². The maximum Gasteiger partial charge on any atom is 0.141 e. The van der Waals surface area contributed by atoms with Gasteiger partial charge >= 0.3 is 0 Å². The lowest BCUT2D eigenvalue weighted by atomic mass is 10.1. The molecule has 1 aromatic carbocycles. The molecule has 7 nitrogen and oxygen atoms in total. The summed E-state index contributed by atoms with van der Waals surface area (Å²) in [6.07, 6.45) is 7.02. The van der Waals surface area contributed by atoms with Gasteiger partial charge in [0.1, 0.15) is 28.7 Å². The third-order valence-corrected chi connectivity index (χ3v) is 6.08. The summed E-state index contributed by atoms with van der Waals surface area (Å²) in [6.45, 7) is 3.99. The molecule has 0 aliphatic heterocycles. The number of rotatable bonds is 6. The van der Waals surface area contributed by atoms with Gasteiger partial charge < -0.3 is 9.84 Å². The molecule has 8 heteroatoms. The van der Waals surface area contributed by atoms with Crippen LogP contribution in [0.4, 0.5) is 0 Å². The highest BCUT2D eigenvalue weighted by molar-refractivity contribution is 7.17. The summed E-state index contributed by atoms with van der Waals surface area (Å²) in [5.74, 6) is 1.35. The number of ether oxygens (including phenoxy) is 1. The van der Waals surface area contributed by atoms with Crippen molar-refractivity contribution < 1.29 is 9.84 Å². The van der Waals surface area contributed by atoms with Gasteiger partial charge in [0, 0.05) is 4.88 Å². The van der Waals surface area contributed by atoms with Crippen LogP contribution >= 0.6 is 11.3 Å². The van der Waals surface area contributed by atoms with Gasteiger partial charge in [0.05, 0.1) is 29.9 Å². The Morgan fingerprint density at radius 2 is 2.00 bits per heavy atom. The summed E-state index contributed by atoms with van der Waals surface area (Å²) in [4.78, 5) is 6.49. The van der Waals surface area contributed by atoms with E-state index in [0.29, 0.717) is 11.6 Å². The van der Waals surface area contributed by atoms with Crippen molar-refractivity contribution in [1.29, 1.82) is 0 Å². The van der Waals surface area contributed by atoms with Crippen LogP contribution in [0.15, 0.2) is 43.0 Å². The van der Waals surface area contributed by atoms with Crippen molar-refractivity contribution in [3.8, 4) is 11.4 Å². The summed E-state index contributed by atoms with van der Waals surface area (Å²) >= 11 is 1.71. The smallest absolute Gasteiger partial charge is 0.141 e. The summed E-state index contributed by atoms with van der Waals surface area (Å²) in [7, 11) is 0. The van der Waals surface area contributed by atoms with Gasteiger partial charge in [0.15, 0.2) is 0 Å². The third-order valence-electron chi connectivity index (χ3n) is 4.80. The highest BCUT2D eigenvalue weighted by atomic mass is 32.1. The van der Waals surface area contributed by atoms with Crippen LogP contribution in [-0.4, -0.2) is 35.6 Å². The molecule has 3 heterocycles. The molecule has 1 unspecified atom stereocenters. The highest BCUT2D eigenvalue weighted by Gasteiger charge is 2.33. The second-order valence-corrected chi connectivity index (χ2v) is 8.44. The molecule has 3 aromatic heterocycles. The Hall–Kier alpha value is -2.71. The molecule has 0 amide bonds. The number of imidazole rings is 1. The average molecular weight is 395 g/mol. The number of benzene rings is 1. The van der Waals surface area contributed by atoms with E-state index in [4.69, 9.17) is 4.74 Å². The van der Waals surface area contributed by atoms with Crippen LogP contribution < -0.4 is 4.74 Å². The minimum absolute atomic E-state index is 0.130. The van der Waals surface area contributed by atoms with Crippen LogP contribution in [-0.2, 0) is 0 Å². The quantitative estimate of drug-likeness (QED) is 0.538. The molecule has 0 radical (unpaired) electrons. The molecular formula is C20H21N5O2S. The molecule has 5 rings (SSSR count). The Kier molecular flexibility index (Phi) is 4.17. The number of thiazole rings is 1. The first-order valence-corrected chi connectivity index (χ1v) is 10.2. The first-order chi connectivity index (χ1) is 13.6. The predicted molar refractivity (Wildman–Crippen MR) is 106 cm³/mol. The van der Waals surface area contributed by atoms with Crippen LogP contribution in [0.2, 0.25) is 0 Å². The Morgan fingerprint density at radius 1 is 1.21 bits per heavy atom. The lowest BCUT2D eigenvalue weighted by Gasteiger charge is -2.10. The molecule has 1 aliphatic rings. The Balaban J connectivity index is 1.45. The van der Waals surface area contributed by atoms with Crippen LogP contribution in [0.1, 0.15) is 55.0 Å². The first-order valence-electron chi connectivity index (χ1n) is 9.42. The fraction of sp³-hybridized carbons (Fsp3) is 0.350. The minimum Gasteiger partial charge on any atom is -0.491 e. The van der Waals surface area contributed by atoms with Gasteiger partial charge in [-0.3, -0.25) is 4.40 Å². The van der Waals surface area contributed by atoms with Crippen molar-refractivity contribution in [2.45, 2.75) is 44.8 Å². The summed E-state index contributed by atoms with van der Waals surface area (Å²) < 4.78 is 9.32. The molecule has 1 N–H and O–H groups in total. The second kappa shape index (κ2) is 6.72. The first kappa shape index (κ1) is 17.4. The van der Waals surface area contributed by atoms with Crippen molar-refractivity contribution in [3.63, 3.8) is 0 Å². The molecule has 144 valence electrons. The molecule has 1 fully saturated rings. The molecule has 28 heavy (non-hydrogen) atoms. The zero-order valence-corrected chi connectivity index (χ0v) is 16.5. The van der Waals surface area contributed by atoms with Gasteiger partial charge in [0.25, 0.3) is 0 Å². The van der Waals surface area contributed by atoms with E-state index in [1.165, 1.54) is 17.7 Å². The number of hydrogen-bond donors (Lipinski definition) is 1. The summed E-state index contributed by atoms with van der Waals surface area (Å²) in [5, 5.41) is 19.5. The maximum atomic E-state index is 11.1. The van der Waals surface area contributed by atoms with Crippen molar-refractivity contribution >= 4 is 16.2 Å². The van der Waals surface area contributed by atoms with E-state index in [2.05, 4.69) is 15.3 Å². The highest BCUT2D eigenvalue weighted by Crippen LogP contribution is 2.47. The normalized spacial score (nSPS) is 15.4. The van der Waals surface area contributed by atoms with Gasteiger partial charge in [-0.15, -0.1) is 16.4 Å². The van der Waals surface area contributed by atoms with E-state index < -0.39 is 6.10 Å². The molecule has 0 saturated heterocycles. The van der Waals surface area contributed by atoms with E-state index in [9.17, 15) is 5.11 Å². The minimum atomic E-state index is -0.837. The number of aromatic nitrogens is 5. The molecule has 1 atom stereocenters. The van der Waals surface area contributed by atoms with Crippen molar-refractivity contribution in [3.05, 3.63) is 59.3 Å². The largest absolute Gasteiger partial charge is 0.491 e. The molecule has 4 aromatic rings. The lowest BCUT2D eigenvalue weighted by molar-refractivity contribution is 0.208. The average Bonchev–Trinajstić information content (AvgIpc) is 3.08. The van der Waals surface area contributed by atoms with Crippen molar-refractivity contribution in [2.75, 3.05) is 0 Å². The fourth-order valence-electron chi connectivity index (χ4n) is 3.35. The van der Waals surface area contributed by atoms with E-state index in [0.717, 1.165) is 22.0 Å². The molecular weight excluding hydrogens is 374 g/mol. The van der Waals surface area contributed by atoms with E-state index in [-0.39, 0.29) is 6.10 Å². The van der Waals surface area contributed by atoms with Crippen LogP contribution in [0.5, 0.6) is 5.75 Å². The molecule has 1 saturated carbocycles. The van der Waals surface area contributed by atoms with Crippen LogP contribution in [0.3, 0.4) is 0 Å². The predicted octanol–water partition coefficient (Wildman–Crippen LogP) is 3.72. The van der Waals surface area contributed by atoms with Gasteiger partial charge in [0.2, 0.25) is 0 Å². The number of aliphatic hydroxyl groups is 1. The summed E-state index contributed by atoms with van der Waals surface area (Å²) in [6, 6.07) is 7.67. The van der Waals surface area contributed by atoms with Crippen molar-refractivity contribution in [1.82, 2.24) is 24.4 Å². The third kappa shape index (κ3) is 3.08. The fourth-order valence-corrected chi connectivity index (χ4v) is 4.64. The molecule has 1 aliphatic carbocycles. The Bertz CT molecular complexity index is 1110. The van der Waals surface area contributed by atoms with E-state index >= 15 is 0 Å². The Labute approximate surface area is 166 Å². The lowest BCUT2D eigenvalue weighted by Crippen LogP contribution is -2.06. The zero-order valence-electron chi connectivity index (χ0n) is 15.7. The number of nitrogens with zero attached hydrogens (tertiary/aromatic N) is 5. The molecule has 0 bridgehead atoms. The molecule has 0 spiro atoms. The standard InChI is InChI=1S/C20H21N5O2S/c1-12(2)27-15-7-5-14(6-8-15)25-10-16(22-23-25)19(26)18-20(13-3-4-13)28-17-9-21-11-24(17)18/h5-13,19,26H,3-4H2,1-2H3. The van der Waals surface area contributed by atoms with Gasteiger partial charge in [-0.2, -0.15) is 0 Å². The van der Waals surface area contributed by atoms with Gasteiger partial charge in [-0.25, -0.2) is 9.67 Å². The van der Waals surface area contributed by atoms with E-state index in [1.807, 2.05) is 48.7 Å². The summed E-state index contributed by atoms with van der Waals surface area (Å²) in [5.41, 5.74) is 2.26. The zero-order chi connectivity index (χ0) is 19.3. The van der Waals surface area contributed by atoms with Gasteiger partial charge in [-0.05, 0) is 56.9 Å². The SMILES string of the molecule is CC(C)Oc1ccc(-n2cc(C(O)c3c(C4CC4)sc4cncn34)nn2)cc1. The second-order valence-electron chi connectivity index (χ2n) is 7.38. The maximum absolute atomic E-state index is 11.1. The number of fused-ring (bicyclic) bond motifs is 1. The monoisotopic (exact) mass is 395 g/mol. The van der Waals surface area contributed by atoms with Crippen LogP contribution in [0, 0.1) is 0 Å². The van der Waals surface area contributed by atoms with Crippen LogP contribution in [0.25, 0.3) is 10.5 Å². The van der Waals surface area contributed by atoms with Gasteiger partial charge in [-0.1, -0.05) is 5.21 Å². The van der Waals surface area contributed by atoms with E-state index in [1.54, 1.807) is 28.5 Å². The number of aliphatic hydroxyl groups excluding tert-OH is 1. The number of hydrogen-bond acceptors (Lipinski definition) is 6. The Morgan fingerprint density at radius 3 is 2.71 bits per heavy atom.